The van der Waals surface area contributed by atoms with Crippen molar-refractivity contribution in [2.45, 2.75) is 12.5 Å². The van der Waals surface area contributed by atoms with Gasteiger partial charge in [0.25, 0.3) is 0 Å². The van der Waals surface area contributed by atoms with E-state index in [1.54, 1.807) is 6.07 Å². The van der Waals surface area contributed by atoms with E-state index in [0.717, 1.165) is 44.7 Å². The van der Waals surface area contributed by atoms with E-state index in [0.29, 0.717) is 10.8 Å². The summed E-state index contributed by atoms with van der Waals surface area (Å²) in [6.45, 7) is 5.01. The number of rotatable bonds is 7. The highest BCUT2D eigenvalue weighted by molar-refractivity contribution is 6.32. The van der Waals surface area contributed by atoms with Crippen molar-refractivity contribution < 1.29 is 9.13 Å². The Kier molecular flexibility index (Phi) is 6.88. The SMILES string of the molecule is Fc1ccc(O[C@@H](CCN2CCN(c3ccccc3)CC2)c2ccccc2)c(Cl)c1. The Balaban J connectivity index is 1.38. The van der Waals surface area contributed by atoms with Crippen LogP contribution >= 0.6 is 11.6 Å². The van der Waals surface area contributed by atoms with E-state index in [1.165, 1.54) is 17.8 Å². The summed E-state index contributed by atoms with van der Waals surface area (Å²) >= 11 is 6.20. The average Bonchev–Trinajstić information content (AvgIpc) is 2.79. The number of hydrogen-bond acceptors (Lipinski definition) is 3. The third-order valence-electron chi connectivity index (χ3n) is 5.54. The zero-order chi connectivity index (χ0) is 20.8. The van der Waals surface area contributed by atoms with Crippen LogP contribution in [0.1, 0.15) is 18.1 Å². The fourth-order valence-electron chi connectivity index (χ4n) is 3.85. The van der Waals surface area contributed by atoms with Crippen molar-refractivity contribution in [2.75, 3.05) is 37.6 Å². The van der Waals surface area contributed by atoms with Gasteiger partial charge < -0.3 is 9.64 Å². The zero-order valence-corrected chi connectivity index (χ0v) is 17.6. The van der Waals surface area contributed by atoms with E-state index in [-0.39, 0.29) is 11.9 Å². The molecule has 0 saturated carbocycles. The molecule has 0 bridgehead atoms. The fourth-order valence-corrected chi connectivity index (χ4v) is 4.07. The lowest BCUT2D eigenvalue weighted by Gasteiger charge is -2.36. The molecule has 0 N–H and O–H groups in total. The topological polar surface area (TPSA) is 15.7 Å². The fraction of sp³-hybridized carbons (Fsp3) is 0.280. The van der Waals surface area contributed by atoms with Crippen LogP contribution in [-0.2, 0) is 0 Å². The Labute approximate surface area is 182 Å². The third kappa shape index (κ3) is 5.32. The molecule has 1 atom stereocenters. The van der Waals surface area contributed by atoms with E-state index in [1.807, 2.05) is 18.2 Å². The molecule has 0 amide bonds. The first-order chi connectivity index (χ1) is 14.7. The van der Waals surface area contributed by atoms with E-state index < -0.39 is 0 Å². The minimum atomic E-state index is -0.361. The highest BCUT2D eigenvalue weighted by atomic mass is 35.5. The maximum absolute atomic E-state index is 13.4. The number of hydrogen-bond donors (Lipinski definition) is 0. The van der Waals surface area contributed by atoms with Gasteiger partial charge in [-0.05, 0) is 35.9 Å². The summed E-state index contributed by atoms with van der Waals surface area (Å²) in [6, 6.07) is 25.0. The first-order valence-corrected chi connectivity index (χ1v) is 10.8. The molecular formula is C25H26ClFN2O. The summed E-state index contributed by atoms with van der Waals surface area (Å²) in [7, 11) is 0. The van der Waals surface area contributed by atoms with Crippen LogP contribution < -0.4 is 9.64 Å². The van der Waals surface area contributed by atoms with Gasteiger partial charge in [0.05, 0.1) is 5.02 Å². The molecule has 1 aliphatic heterocycles. The quantitative estimate of drug-likeness (QED) is 0.476. The molecule has 0 aliphatic carbocycles. The number of piperazine rings is 1. The first-order valence-electron chi connectivity index (χ1n) is 10.4. The summed E-state index contributed by atoms with van der Waals surface area (Å²) in [6.07, 6.45) is 0.699. The van der Waals surface area contributed by atoms with Gasteiger partial charge in [-0.25, -0.2) is 4.39 Å². The zero-order valence-electron chi connectivity index (χ0n) is 16.9. The van der Waals surface area contributed by atoms with E-state index in [2.05, 4.69) is 52.3 Å². The lowest BCUT2D eigenvalue weighted by Crippen LogP contribution is -2.46. The lowest BCUT2D eigenvalue weighted by atomic mass is 10.1. The predicted octanol–water partition coefficient (Wildman–Crippen LogP) is 5.81. The Bertz CT molecular complexity index is 930. The van der Waals surface area contributed by atoms with Crippen LogP contribution in [0.4, 0.5) is 10.1 Å². The van der Waals surface area contributed by atoms with Crippen molar-refractivity contribution in [1.29, 1.82) is 0 Å². The summed E-state index contributed by atoms with van der Waals surface area (Å²) in [5.74, 6) is 0.153. The van der Waals surface area contributed by atoms with Crippen LogP contribution in [0.15, 0.2) is 78.9 Å². The van der Waals surface area contributed by atoms with Gasteiger partial charge in [-0.1, -0.05) is 60.1 Å². The van der Waals surface area contributed by atoms with E-state index in [4.69, 9.17) is 16.3 Å². The van der Waals surface area contributed by atoms with Gasteiger partial charge in [-0.15, -0.1) is 0 Å². The van der Waals surface area contributed by atoms with Crippen LogP contribution in [-0.4, -0.2) is 37.6 Å². The first kappa shape index (κ1) is 20.7. The monoisotopic (exact) mass is 424 g/mol. The van der Waals surface area contributed by atoms with Gasteiger partial charge >= 0.3 is 0 Å². The average molecular weight is 425 g/mol. The number of para-hydroxylation sites is 1. The van der Waals surface area contributed by atoms with Gasteiger partial charge in [-0.2, -0.15) is 0 Å². The molecule has 0 aromatic heterocycles. The molecule has 1 aliphatic rings. The molecule has 30 heavy (non-hydrogen) atoms. The van der Waals surface area contributed by atoms with Gasteiger partial charge in [0.2, 0.25) is 0 Å². The van der Waals surface area contributed by atoms with E-state index in [9.17, 15) is 4.39 Å². The van der Waals surface area contributed by atoms with E-state index >= 15 is 0 Å². The van der Waals surface area contributed by atoms with Crippen molar-refractivity contribution in [1.82, 2.24) is 4.90 Å². The molecule has 156 valence electrons. The standard InChI is InChI=1S/C25H26ClFN2O/c26-23-19-21(27)11-12-25(23)30-24(20-7-3-1-4-8-20)13-14-28-15-17-29(18-16-28)22-9-5-2-6-10-22/h1-12,19,24H,13-18H2/t24-/m0/s1. The molecular weight excluding hydrogens is 399 g/mol. The molecule has 4 rings (SSSR count). The molecule has 0 unspecified atom stereocenters. The Morgan fingerprint density at radius 2 is 1.53 bits per heavy atom. The highest BCUT2D eigenvalue weighted by Crippen LogP contribution is 2.31. The van der Waals surface area contributed by atoms with Crippen molar-refractivity contribution in [2.24, 2.45) is 0 Å². The van der Waals surface area contributed by atoms with Crippen molar-refractivity contribution >= 4 is 17.3 Å². The van der Waals surface area contributed by atoms with Crippen molar-refractivity contribution in [3.05, 3.63) is 95.3 Å². The molecule has 5 heteroatoms. The van der Waals surface area contributed by atoms with Crippen LogP contribution in [0.5, 0.6) is 5.75 Å². The minimum absolute atomic E-state index is 0.138. The normalized spacial score (nSPS) is 15.7. The van der Waals surface area contributed by atoms with Crippen LogP contribution in [0.2, 0.25) is 5.02 Å². The molecule has 1 saturated heterocycles. The summed E-state index contributed by atoms with van der Waals surface area (Å²) < 4.78 is 19.6. The molecule has 0 radical (unpaired) electrons. The van der Waals surface area contributed by atoms with Gasteiger partial charge in [0.1, 0.15) is 17.7 Å². The molecule has 3 nitrogen and oxygen atoms in total. The Hall–Kier alpha value is -2.56. The second-order valence-corrected chi connectivity index (χ2v) is 7.95. The number of benzene rings is 3. The van der Waals surface area contributed by atoms with Crippen molar-refractivity contribution in [3.63, 3.8) is 0 Å². The minimum Gasteiger partial charge on any atom is -0.484 e. The van der Waals surface area contributed by atoms with Crippen LogP contribution in [0.25, 0.3) is 0 Å². The molecule has 1 heterocycles. The summed E-state index contributed by atoms with van der Waals surface area (Å²) in [4.78, 5) is 4.91. The molecule has 3 aromatic rings. The second-order valence-electron chi connectivity index (χ2n) is 7.54. The number of halogens is 2. The highest BCUT2D eigenvalue weighted by Gasteiger charge is 2.20. The second kappa shape index (κ2) is 9.96. The number of nitrogens with zero attached hydrogens (tertiary/aromatic N) is 2. The van der Waals surface area contributed by atoms with Crippen molar-refractivity contribution in [3.8, 4) is 5.75 Å². The molecule has 0 spiro atoms. The number of anilines is 1. The lowest BCUT2D eigenvalue weighted by molar-refractivity contribution is 0.160. The van der Waals surface area contributed by atoms with Gasteiger partial charge in [0.15, 0.2) is 0 Å². The maximum atomic E-state index is 13.4. The predicted molar refractivity (Wildman–Crippen MR) is 121 cm³/mol. The Morgan fingerprint density at radius 3 is 2.20 bits per heavy atom. The van der Waals surface area contributed by atoms with Gasteiger partial charge in [0, 0.05) is 44.8 Å². The van der Waals surface area contributed by atoms with Crippen LogP contribution in [0, 0.1) is 5.82 Å². The largest absolute Gasteiger partial charge is 0.484 e. The summed E-state index contributed by atoms with van der Waals surface area (Å²) in [5, 5.41) is 0.299. The maximum Gasteiger partial charge on any atom is 0.139 e. The number of ether oxygens (including phenoxy) is 1. The Morgan fingerprint density at radius 1 is 0.867 bits per heavy atom. The molecule has 1 fully saturated rings. The van der Waals surface area contributed by atoms with Crippen LogP contribution in [0.3, 0.4) is 0 Å². The van der Waals surface area contributed by atoms with Gasteiger partial charge in [-0.3, -0.25) is 4.90 Å². The molecule has 3 aromatic carbocycles. The smallest absolute Gasteiger partial charge is 0.139 e. The third-order valence-corrected chi connectivity index (χ3v) is 5.83. The summed E-state index contributed by atoms with van der Waals surface area (Å²) in [5.41, 5.74) is 2.38.